The highest BCUT2D eigenvalue weighted by atomic mass is 19.3. The maximum Gasteiger partial charge on any atom is 0.335 e. The minimum atomic E-state index is -2.55. The molecule has 3 rings (SSSR count). The van der Waals surface area contributed by atoms with E-state index in [2.05, 4.69) is 4.98 Å². The molecule has 1 aromatic heterocycles. The van der Waals surface area contributed by atoms with E-state index in [1.807, 2.05) is 9.80 Å². The molecule has 7 nitrogen and oxygen atoms in total. The predicted molar refractivity (Wildman–Crippen MR) is 98.3 cm³/mol. The van der Waals surface area contributed by atoms with Crippen molar-refractivity contribution in [1.82, 2.24) is 19.7 Å². The maximum atomic E-state index is 13.2. The highest BCUT2D eigenvalue weighted by Crippen LogP contribution is 2.27. The average molecular weight is 396 g/mol. The van der Waals surface area contributed by atoms with Gasteiger partial charge in [0.15, 0.2) is 0 Å². The molecule has 3 heterocycles. The Bertz CT molecular complexity index is 706. The van der Waals surface area contributed by atoms with Gasteiger partial charge < -0.3 is 14.9 Å². The number of carboxylic acid groups (broad SMARTS) is 1. The third kappa shape index (κ3) is 5.68. The van der Waals surface area contributed by atoms with Gasteiger partial charge >= 0.3 is 5.97 Å². The van der Waals surface area contributed by atoms with E-state index in [1.54, 1.807) is 4.90 Å². The summed E-state index contributed by atoms with van der Waals surface area (Å²) in [6, 6.07) is 2.97. The van der Waals surface area contributed by atoms with Crippen LogP contribution in [-0.4, -0.2) is 88.4 Å². The first-order valence-electron chi connectivity index (χ1n) is 9.61. The Morgan fingerprint density at radius 2 is 1.89 bits per heavy atom. The molecule has 0 atom stereocenters. The number of carboxylic acids is 1. The third-order valence-corrected chi connectivity index (χ3v) is 5.34. The van der Waals surface area contributed by atoms with Gasteiger partial charge in [-0.05, 0) is 18.6 Å². The molecule has 1 N–H and O–H groups in total. The summed E-state index contributed by atoms with van der Waals surface area (Å²) in [5.41, 5.74) is 0.801. The second-order valence-corrected chi connectivity index (χ2v) is 7.48. The molecule has 0 unspecified atom stereocenters. The molecule has 0 bridgehead atoms. The summed E-state index contributed by atoms with van der Waals surface area (Å²) in [6.07, 6.45) is 2.05. The molecule has 154 valence electrons. The van der Waals surface area contributed by atoms with Crippen LogP contribution in [0.1, 0.15) is 35.3 Å². The van der Waals surface area contributed by atoms with Gasteiger partial charge in [-0.1, -0.05) is 0 Å². The first kappa shape index (κ1) is 20.6. The zero-order chi connectivity index (χ0) is 20.1. The van der Waals surface area contributed by atoms with Crippen molar-refractivity contribution >= 4 is 11.9 Å². The van der Waals surface area contributed by atoms with Gasteiger partial charge in [0.1, 0.15) is 0 Å². The number of hydrogen-bond donors (Lipinski definition) is 1. The highest BCUT2D eigenvalue weighted by molar-refractivity contribution is 5.87. The topological polar surface area (TPSA) is 77.0 Å². The molecule has 9 heteroatoms. The van der Waals surface area contributed by atoms with Crippen molar-refractivity contribution < 1.29 is 23.5 Å². The summed E-state index contributed by atoms with van der Waals surface area (Å²) in [6.45, 7) is 3.92. The lowest BCUT2D eigenvalue weighted by atomic mass is 10.1. The molecule has 0 aliphatic carbocycles. The van der Waals surface area contributed by atoms with Crippen LogP contribution in [0.3, 0.4) is 0 Å². The second kappa shape index (κ2) is 8.91. The number of carbonyl (C=O) groups excluding carboxylic acids is 1. The molecule has 2 aliphatic heterocycles. The SMILES string of the molecule is O=C(O)c1ccnc(CN2CCCN(CCN3CCC(F)(F)CC3)C(=O)C2)c1. The van der Waals surface area contributed by atoms with Gasteiger partial charge in [0.25, 0.3) is 5.92 Å². The van der Waals surface area contributed by atoms with Crippen LogP contribution >= 0.6 is 0 Å². The molecule has 0 spiro atoms. The molecular weight excluding hydrogens is 370 g/mol. The number of rotatable bonds is 6. The predicted octanol–water partition coefficient (Wildman–Crippen LogP) is 1.55. The number of piperidine rings is 1. The first-order chi connectivity index (χ1) is 13.3. The Kier molecular flexibility index (Phi) is 6.56. The van der Waals surface area contributed by atoms with Gasteiger partial charge in [-0.3, -0.25) is 14.7 Å². The van der Waals surface area contributed by atoms with Crippen LogP contribution in [0.2, 0.25) is 0 Å². The lowest BCUT2D eigenvalue weighted by molar-refractivity contribution is -0.131. The number of pyridine rings is 1. The van der Waals surface area contributed by atoms with E-state index in [9.17, 15) is 18.4 Å². The minimum absolute atomic E-state index is 0.00854. The summed E-state index contributed by atoms with van der Waals surface area (Å²) >= 11 is 0. The van der Waals surface area contributed by atoms with Crippen molar-refractivity contribution in [3.8, 4) is 0 Å². The third-order valence-electron chi connectivity index (χ3n) is 5.34. The Labute approximate surface area is 162 Å². The largest absolute Gasteiger partial charge is 0.478 e. The molecule has 0 saturated carbocycles. The zero-order valence-electron chi connectivity index (χ0n) is 15.8. The number of nitrogens with zero attached hydrogens (tertiary/aromatic N) is 4. The highest BCUT2D eigenvalue weighted by Gasteiger charge is 2.34. The fourth-order valence-electron chi connectivity index (χ4n) is 3.64. The molecule has 0 radical (unpaired) electrons. The molecular formula is C19H26F2N4O3. The number of amides is 1. The number of carbonyl (C=O) groups is 2. The normalized spacial score (nSPS) is 21.5. The summed E-state index contributed by atoms with van der Waals surface area (Å²) in [7, 11) is 0. The fraction of sp³-hybridized carbons (Fsp3) is 0.632. The number of likely N-dealkylation sites (tertiary alicyclic amines) is 1. The van der Waals surface area contributed by atoms with Gasteiger partial charge in [-0.25, -0.2) is 13.6 Å². The van der Waals surface area contributed by atoms with Crippen molar-refractivity contribution in [2.24, 2.45) is 0 Å². The summed E-state index contributed by atoms with van der Waals surface area (Å²) in [5, 5.41) is 9.08. The Balaban J connectivity index is 1.49. The van der Waals surface area contributed by atoms with Crippen LogP contribution in [-0.2, 0) is 11.3 Å². The summed E-state index contributed by atoms with van der Waals surface area (Å²) in [4.78, 5) is 33.6. The van der Waals surface area contributed by atoms with Crippen LogP contribution < -0.4 is 0 Å². The number of hydrogen-bond acceptors (Lipinski definition) is 5. The molecule has 2 aliphatic rings. The standard InChI is InChI=1S/C19H26F2N4O3/c20-19(21)3-8-23(9-4-19)10-11-25-7-1-6-24(14-17(25)26)13-16-12-15(18(27)28)2-5-22-16/h2,5,12H,1,3-4,6-11,13-14H2,(H,27,28). The fourth-order valence-corrected chi connectivity index (χ4v) is 3.64. The van der Waals surface area contributed by atoms with Crippen molar-refractivity contribution in [2.75, 3.05) is 45.8 Å². The molecule has 1 aromatic rings. The van der Waals surface area contributed by atoms with Crippen LogP contribution in [0.4, 0.5) is 8.78 Å². The Morgan fingerprint density at radius 3 is 2.61 bits per heavy atom. The summed E-state index contributed by atoms with van der Waals surface area (Å²) in [5.74, 6) is -3.55. The van der Waals surface area contributed by atoms with Crippen LogP contribution in [0.15, 0.2) is 18.3 Å². The van der Waals surface area contributed by atoms with Crippen LogP contribution in [0, 0.1) is 0 Å². The van der Waals surface area contributed by atoms with Gasteiger partial charge in [-0.15, -0.1) is 0 Å². The van der Waals surface area contributed by atoms with Crippen molar-refractivity contribution in [3.05, 3.63) is 29.6 Å². The molecule has 28 heavy (non-hydrogen) atoms. The van der Waals surface area contributed by atoms with Gasteiger partial charge in [-0.2, -0.15) is 0 Å². The number of aromatic nitrogens is 1. The maximum absolute atomic E-state index is 13.2. The average Bonchev–Trinajstić information content (AvgIpc) is 2.82. The van der Waals surface area contributed by atoms with Crippen molar-refractivity contribution in [1.29, 1.82) is 0 Å². The number of aromatic carboxylic acids is 1. The Morgan fingerprint density at radius 1 is 1.14 bits per heavy atom. The van der Waals surface area contributed by atoms with E-state index >= 15 is 0 Å². The van der Waals surface area contributed by atoms with Gasteiger partial charge in [0, 0.05) is 64.9 Å². The zero-order valence-corrected chi connectivity index (χ0v) is 15.8. The van der Waals surface area contributed by atoms with E-state index in [0.29, 0.717) is 45.0 Å². The van der Waals surface area contributed by atoms with Gasteiger partial charge in [0.05, 0.1) is 17.8 Å². The summed E-state index contributed by atoms with van der Waals surface area (Å²) < 4.78 is 26.5. The number of halogens is 2. The second-order valence-electron chi connectivity index (χ2n) is 7.48. The molecule has 0 aromatic carbocycles. The monoisotopic (exact) mass is 396 g/mol. The van der Waals surface area contributed by atoms with Crippen molar-refractivity contribution in [3.63, 3.8) is 0 Å². The minimum Gasteiger partial charge on any atom is -0.478 e. The van der Waals surface area contributed by atoms with Crippen LogP contribution in [0.25, 0.3) is 0 Å². The van der Waals surface area contributed by atoms with E-state index in [1.165, 1.54) is 18.3 Å². The quantitative estimate of drug-likeness (QED) is 0.786. The van der Waals surface area contributed by atoms with E-state index in [0.717, 1.165) is 13.0 Å². The Hall–Kier alpha value is -2.13. The van der Waals surface area contributed by atoms with E-state index < -0.39 is 11.9 Å². The van der Waals surface area contributed by atoms with Crippen LogP contribution in [0.5, 0.6) is 0 Å². The van der Waals surface area contributed by atoms with Gasteiger partial charge in [0.2, 0.25) is 5.91 Å². The molecule has 2 fully saturated rings. The molecule has 1 amide bonds. The van der Waals surface area contributed by atoms with E-state index in [4.69, 9.17) is 5.11 Å². The lowest BCUT2D eigenvalue weighted by Gasteiger charge is -2.33. The number of alkyl halides is 2. The van der Waals surface area contributed by atoms with Crippen molar-refractivity contribution in [2.45, 2.75) is 31.7 Å². The lowest BCUT2D eigenvalue weighted by Crippen LogP contribution is -2.45. The first-order valence-corrected chi connectivity index (χ1v) is 9.61. The molecule has 2 saturated heterocycles. The van der Waals surface area contributed by atoms with E-state index in [-0.39, 0.29) is 30.9 Å². The smallest absolute Gasteiger partial charge is 0.335 e.